The molecule has 0 spiro atoms. The van der Waals surface area contributed by atoms with Gasteiger partial charge >= 0.3 is 5.76 Å². The predicted molar refractivity (Wildman–Crippen MR) is 99.1 cm³/mol. The molecule has 0 atom stereocenters. The summed E-state index contributed by atoms with van der Waals surface area (Å²) < 4.78 is 6.58. The van der Waals surface area contributed by atoms with E-state index in [9.17, 15) is 9.59 Å². The smallest absolute Gasteiger partial charge is 0.408 e. The van der Waals surface area contributed by atoms with E-state index in [0.717, 1.165) is 24.3 Å². The summed E-state index contributed by atoms with van der Waals surface area (Å²) in [6.45, 7) is 0.728. The molecular formula is C20H23ClN2O3. The summed E-state index contributed by atoms with van der Waals surface area (Å²) in [6.07, 6.45) is 7.95. The van der Waals surface area contributed by atoms with E-state index in [4.69, 9.17) is 16.0 Å². The van der Waals surface area contributed by atoms with Crippen LogP contribution in [0.5, 0.6) is 0 Å². The molecule has 0 saturated heterocycles. The zero-order valence-corrected chi connectivity index (χ0v) is 15.4. The lowest BCUT2D eigenvalue weighted by molar-refractivity contribution is -0.123. The molecule has 1 N–H and O–H groups in total. The first-order valence-electron chi connectivity index (χ1n) is 9.55. The number of halogens is 1. The Labute approximate surface area is 156 Å². The monoisotopic (exact) mass is 374 g/mol. The number of carbonyl (C=O) groups excluding carboxylic acids is 1. The van der Waals surface area contributed by atoms with Crippen LogP contribution in [-0.4, -0.2) is 17.0 Å². The van der Waals surface area contributed by atoms with Crippen LogP contribution in [0, 0.1) is 23.2 Å². The van der Waals surface area contributed by atoms with Crippen molar-refractivity contribution in [1.82, 2.24) is 9.88 Å². The highest BCUT2D eigenvalue weighted by molar-refractivity contribution is 6.31. The molecular weight excluding hydrogens is 352 g/mol. The summed E-state index contributed by atoms with van der Waals surface area (Å²) in [5, 5.41) is 3.62. The van der Waals surface area contributed by atoms with Gasteiger partial charge in [0.2, 0.25) is 5.91 Å². The molecule has 4 bridgehead atoms. The van der Waals surface area contributed by atoms with Crippen LogP contribution in [0.1, 0.15) is 38.5 Å². The number of hydrogen-bond acceptors (Lipinski definition) is 3. The molecule has 4 aliphatic carbocycles. The lowest BCUT2D eigenvalue weighted by Crippen LogP contribution is -2.51. The van der Waals surface area contributed by atoms with Crippen molar-refractivity contribution in [2.24, 2.45) is 23.2 Å². The molecule has 1 aromatic carbocycles. The number of fused-ring (bicyclic) bond motifs is 1. The molecule has 1 aromatic heterocycles. The van der Waals surface area contributed by atoms with Crippen LogP contribution in [0.3, 0.4) is 0 Å². The van der Waals surface area contributed by atoms with Crippen molar-refractivity contribution in [3.63, 3.8) is 0 Å². The maximum absolute atomic E-state index is 12.5. The lowest BCUT2D eigenvalue weighted by Gasteiger charge is -2.56. The molecule has 6 heteroatoms. The molecule has 26 heavy (non-hydrogen) atoms. The predicted octanol–water partition coefficient (Wildman–Crippen LogP) is 3.58. The number of oxazole rings is 1. The average molecular weight is 375 g/mol. The quantitative estimate of drug-likeness (QED) is 0.889. The molecule has 5 nitrogen and oxygen atoms in total. The Kier molecular flexibility index (Phi) is 3.71. The summed E-state index contributed by atoms with van der Waals surface area (Å²) in [5.41, 5.74) is 1.31. The second-order valence-electron chi connectivity index (χ2n) is 8.76. The summed E-state index contributed by atoms with van der Waals surface area (Å²) in [6, 6.07) is 5.01. The standard InChI is InChI=1S/C20H23ClN2O3/c21-15-1-2-16-17(6-15)26-19(25)23(16)10-18(24)22-11-20-7-12-3-13(8-20)5-14(4-12)9-20/h1-2,6,12-14H,3-5,7-11H2,(H,22,24). The van der Waals surface area contributed by atoms with Gasteiger partial charge in [0.05, 0.1) is 5.52 Å². The largest absolute Gasteiger partial charge is 0.420 e. The number of nitrogens with zero attached hydrogens (tertiary/aromatic N) is 1. The number of aromatic nitrogens is 1. The zero-order valence-electron chi connectivity index (χ0n) is 14.7. The SMILES string of the molecule is O=C(Cn1c(=O)oc2cc(Cl)ccc21)NCC12CC3CC(CC(C3)C1)C2. The highest BCUT2D eigenvalue weighted by atomic mass is 35.5. The van der Waals surface area contributed by atoms with Crippen LogP contribution >= 0.6 is 11.6 Å². The van der Waals surface area contributed by atoms with E-state index in [1.54, 1.807) is 18.2 Å². The second kappa shape index (κ2) is 5.88. The van der Waals surface area contributed by atoms with Crippen molar-refractivity contribution >= 4 is 28.6 Å². The van der Waals surface area contributed by atoms with Crippen molar-refractivity contribution in [3.8, 4) is 0 Å². The Hall–Kier alpha value is -1.75. The summed E-state index contributed by atoms with van der Waals surface area (Å²) >= 11 is 5.94. The van der Waals surface area contributed by atoms with Gasteiger partial charge in [0.25, 0.3) is 0 Å². The molecule has 0 radical (unpaired) electrons. The van der Waals surface area contributed by atoms with E-state index in [0.29, 0.717) is 21.5 Å². The van der Waals surface area contributed by atoms with E-state index in [1.165, 1.54) is 43.1 Å². The van der Waals surface area contributed by atoms with E-state index in [1.807, 2.05) is 0 Å². The van der Waals surface area contributed by atoms with E-state index >= 15 is 0 Å². The van der Waals surface area contributed by atoms with Crippen molar-refractivity contribution < 1.29 is 9.21 Å². The first-order valence-corrected chi connectivity index (χ1v) is 9.93. The van der Waals surface area contributed by atoms with Gasteiger partial charge in [-0.25, -0.2) is 4.79 Å². The zero-order chi connectivity index (χ0) is 17.9. The molecule has 0 aliphatic heterocycles. The number of amides is 1. The minimum Gasteiger partial charge on any atom is -0.408 e. The molecule has 1 heterocycles. The van der Waals surface area contributed by atoms with Crippen LogP contribution in [0.25, 0.3) is 11.1 Å². The van der Waals surface area contributed by atoms with Crippen LogP contribution in [-0.2, 0) is 11.3 Å². The van der Waals surface area contributed by atoms with Gasteiger partial charge < -0.3 is 9.73 Å². The van der Waals surface area contributed by atoms with Crippen molar-refractivity contribution in [1.29, 1.82) is 0 Å². The fourth-order valence-electron chi connectivity index (χ4n) is 6.18. The Morgan fingerprint density at radius 3 is 2.50 bits per heavy atom. The van der Waals surface area contributed by atoms with Crippen LogP contribution in [0.2, 0.25) is 5.02 Å². The van der Waals surface area contributed by atoms with Gasteiger partial charge in [-0.3, -0.25) is 9.36 Å². The first kappa shape index (κ1) is 16.4. The Balaban J connectivity index is 1.29. The molecule has 138 valence electrons. The number of carbonyl (C=O) groups is 1. The normalized spacial score (nSPS) is 32.3. The highest BCUT2D eigenvalue weighted by Crippen LogP contribution is 2.59. The Bertz CT molecular complexity index is 893. The molecule has 2 aromatic rings. The maximum Gasteiger partial charge on any atom is 0.420 e. The van der Waals surface area contributed by atoms with Crippen molar-refractivity contribution in [2.75, 3.05) is 6.54 Å². The van der Waals surface area contributed by atoms with Crippen LogP contribution < -0.4 is 11.1 Å². The first-order chi connectivity index (χ1) is 12.5. The number of benzene rings is 1. The van der Waals surface area contributed by atoms with E-state index in [2.05, 4.69) is 5.32 Å². The summed E-state index contributed by atoms with van der Waals surface area (Å²) in [5.74, 6) is 1.95. The fourth-order valence-corrected chi connectivity index (χ4v) is 6.34. The molecule has 4 aliphatic rings. The minimum absolute atomic E-state index is 0.0141. The van der Waals surface area contributed by atoms with Gasteiger partial charge in [0, 0.05) is 17.6 Å². The summed E-state index contributed by atoms with van der Waals surface area (Å²) in [7, 11) is 0. The fraction of sp³-hybridized carbons (Fsp3) is 0.600. The van der Waals surface area contributed by atoms with E-state index < -0.39 is 5.76 Å². The van der Waals surface area contributed by atoms with Gasteiger partial charge in [-0.1, -0.05) is 11.6 Å². The van der Waals surface area contributed by atoms with Crippen molar-refractivity contribution in [3.05, 3.63) is 33.8 Å². The van der Waals surface area contributed by atoms with Crippen LogP contribution in [0.4, 0.5) is 0 Å². The lowest BCUT2D eigenvalue weighted by atomic mass is 9.49. The molecule has 4 saturated carbocycles. The summed E-state index contributed by atoms with van der Waals surface area (Å²) in [4.78, 5) is 24.6. The highest BCUT2D eigenvalue weighted by Gasteiger charge is 2.50. The Morgan fingerprint density at radius 2 is 1.85 bits per heavy atom. The number of rotatable bonds is 4. The van der Waals surface area contributed by atoms with Gasteiger partial charge in [0.1, 0.15) is 6.54 Å². The second-order valence-corrected chi connectivity index (χ2v) is 9.20. The van der Waals surface area contributed by atoms with Gasteiger partial charge in [-0.2, -0.15) is 0 Å². The third-order valence-corrected chi connectivity index (χ3v) is 6.99. The van der Waals surface area contributed by atoms with Crippen molar-refractivity contribution in [2.45, 2.75) is 45.1 Å². The topological polar surface area (TPSA) is 64.2 Å². The number of hydrogen-bond donors (Lipinski definition) is 1. The van der Waals surface area contributed by atoms with Gasteiger partial charge in [-0.05, 0) is 73.8 Å². The van der Waals surface area contributed by atoms with E-state index in [-0.39, 0.29) is 12.5 Å². The molecule has 0 unspecified atom stereocenters. The maximum atomic E-state index is 12.5. The average Bonchev–Trinajstić information content (AvgIpc) is 2.86. The number of nitrogens with one attached hydrogen (secondary N) is 1. The Morgan fingerprint density at radius 1 is 1.19 bits per heavy atom. The molecule has 6 rings (SSSR count). The molecule has 4 fully saturated rings. The molecule has 1 amide bonds. The van der Waals surface area contributed by atoms with Gasteiger partial charge in [0.15, 0.2) is 5.58 Å². The van der Waals surface area contributed by atoms with Gasteiger partial charge in [-0.15, -0.1) is 0 Å². The van der Waals surface area contributed by atoms with Crippen LogP contribution in [0.15, 0.2) is 27.4 Å². The third kappa shape index (κ3) is 2.77. The minimum atomic E-state index is -0.521. The third-order valence-electron chi connectivity index (χ3n) is 6.76.